The summed E-state index contributed by atoms with van der Waals surface area (Å²) in [6, 6.07) is 0.654. The van der Waals surface area contributed by atoms with Crippen LogP contribution in [0, 0.1) is 0 Å². The Morgan fingerprint density at radius 2 is 2.00 bits per heavy atom. The third-order valence-electron chi connectivity index (χ3n) is 3.11. The topological polar surface area (TPSA) is 24.5 Å². The van der Waals surface area contributed by atoms with Gasteiger partial charge in [0.05, 0.1) is 6.61 Å². The van der Waals surface area contributed by atoms with Crippen LogP contribution >= 0.6 is 0 Å². The van der Waals surface area contributed by atoms with Crippen molar-refractivity contribution < 1.29 is 4.74 Å². The Bertz CT molecular complexity index is 181. The van der Waals surface area contributed by atoms with Gasteiger partial charge in [-0.15, -0.1) is 0 Å². The van der Waals surface area contributed by atoms with Gasteiger partial charge in [0.2, 0.25) is 0 Å². The van der Waals surface area contributed by atoms with Gasteiger partial charge in [-0.25, -0.2) is 0 Å². The molecular formula is C13H28N2O. The fourth-order valence-corrected chi connectivity index (χ4v) is 2.09. The monoisotopic (exact) mass is 228 g/mol. The number of rotatable bonds is 4. The smallest absolute Gasteiger partial charge is 0.0593 e. The first-order valence-electron chi connectivity index (χ1n) is 6.60. The minimum atomic E-state index is 0.218. The summed E-state index contributed by atoms with van der Waals surface area (Å²) in [4.78, 5) is 2.58. The van der Waals surface area contributed by atoms with Crippen LogP contribution < -0.4 is 5.32 Å². The van der Waals surface area contributed by atoms with Crippen LogP contribution in [0.4, 0.5) is 0 Å². The highest BCUT2D eigenvalue weighted by atomic mass is 16.5. The van der Waals surface area contributed by atoms with E-state index in [4.69, 9.17) is 4.74 Å². The molecular weight excluding hydrogens is 200 g/mol. The lowest BCUT2D eigenvalue weighted by Crippen LogP contribution is -2.48. The molecule has 0 amide bonds. The van der Waals surface area contributed by atoms with Crippen LogP contribution in [0.5, 0.6) is 0 Å². The lowest BCUT2D eigenvalue weighted by molar-refractivity contribution is 0.128. The first-order valence-corrected chi connectivity index (χ1v) is 6.60. The summed E-state index contributed by atoms with van der Waals surface area (Å²) in [7, 11) is 0. The third-order valence-corrected chi connectivity index (χ3v) is 3.11. The molecule has 0 spiro atoms. The highest BCUT2D eigenvalue weighted by molar-refractivity contribution is 4.79. The molecule has 0 bridgehead atoms. The Kier molecular flexibility index (Phi) is 5.73. The average molecular weight is 228 g/mol. The Labute approximate surface area is 101 Å². The zero-order chi connectivity index (χ0) is 12.0. The van der Waals surface area contributed by atoms with Crippen molar-refractivity contribution in [2.45, 2.75) is 52.1 Å². The van der Waals surface area contributed by atoms with E-state index in [1.165, 1.54) is 19.4 Å². The summed E-state index contributed by atoms with van der Waals surface area (Å²) in [5, 5.41) is 3.61. The molecule has 16 heavy (non-hydrogen) atoms. The summed E-state index contributed by atoms with van der Waals surface area (Å²) in [6.07, 6.45) is 2.38. The lowest BCUT2D eigenvalue weighted by atomic mass is 10.1. The van der Waals surface area contributed by atoms with E-state index in [-0.39, 0.29) is 5.54 Å². The van der Waals surface area contributed by atoms with Gasteiger partial charge in [0.1, 0.15) is 0 Å². The molecule has 96 valence electrons. The normalized spacial score (nSPS) is 21.8. The molecule has 0 radical (unpaired) electrons. The van der Waals surface area contributed by atoms with Crippen molar-refractivity contribution in [1.82, 2.24) is 10.2 Å². The van der Waals surface area contributed by atoms with Gasteiger partial charge in [0, 0.05) is 37.8 Å². The number of hydrogen-bond donors (Lipinski definition) is 1. The fourth-order valence-electron chi connectivity index (χ4n) is 2.09. The van der Waals surface area contributed by atoms with Crippen LogP contribution in [0.25, 0.3) is 0 Å². The average Bonchev–Trinajstić information content (AvgIpc) is 2.46. The Balaban J connectivity index is 2.39. The predicted molar refractivity (Wildman–Crippen MR) is 68.8 cm³/mol. The van der Waals surface area contributed by atoms with Crippen molar-refractivity contribution in [3.63, 3.8) is 0 Å². The van der Waals surface area contributed by atoms with Crippen molar-refractivity contribution in [2.75, 3.05) is 32.8 Å². The van der Waals surface area contributed by atoms with E-state index in [0.717, 1.165) is 26.3 Å². The lowest BCUT2D eigenvalue weighted by Gasteiger charge is -2.32. The molecule has 1 N–H and O–H groups in total. The molecule has 1 atom stereocenters. The highest BCUT2D eigenvalue weighted by Gasteiger charge is 2.20. The molecule has 3 nitrogen and oxygen atoms in total. The molecule has 0 aromatic heterocycles. The number of nitrogens with zero attached hydrogens (tertiary/aromatic N) is 1. The zero-order valence-electron chi connectivity index (χ0n) is 11.4. The van der Waals surface area contributed by atoms with Crippen LogP contribution in [-0.4, -0.2) is 49.3 Å². The second-order valence-electron chi connectivity index (χ2n) is 5.69. The van der Waals surface area contributed by atoms with Gasteiger partial charge >= 0.3 is 0 Å². The molecule has 3 heteroatoms. The SMILES string of the molecule is CCC(CNC(C)(C)C)N1CCCOCC1. The standard InChI is InChI=1S/C13H28N2O/c1-5-12(11-14-13(2,3)4)15-7-6-9-16-10-8-15/h12,14H,5-11H2,1-4H3. The molecule has 1 aliphatic rings. The van der Waals surface area contributed by atoms with E-state index >= 15 is 0 Å². The van der Waals surface area contributed by atoms with Crippen LogP contribution in [0.1, 0.15) is 40.5 Å². The van der Waals surface area contributed by atoms with E-state index in [2.05, 4.69) is 37.9 Å². The maximum atomic E-state index is 5.50. The molecule has 0 aromatic rings. The molecule has 1 rings (SSSR count). The summed E-state index contributed by atoms with van der Waals surface area (Å²) >= 11 is 0. The highest BCUT2D eigenvalue weighted by Crippen LogP contribution is 2.09. The van der Waals surface area contributed by atoms with Crippen molar-refractivity contribution in [1.29, 1.82) is 0 Å². The van der Waals surface area contributed by atoms with Crippen molar-refractivity contribution in [2.24, 2.45) is 0 Å². The van der Waals surface area contributed by atoms with Gasteiger partial charge in [-0.05, 0) is 33.6 Å². The Morgan fingerprint density at radius 1 is 1.25 bits per heavy atom. The van der Waals surface area contributed by atoms with Crippen LogP contribution in [-0.2, 0) is 4.74 Å². The second-order valence-corrected chi connectivity index (χ2v) is 5.69. The van der Waals surface area contributed by atoms with Crippen LogP contribution in [0.2, 0.25) is 0 Å². The molecule has 1 fully saturated rings. The van der Waals surface area contributed by atoms with E-state index in [9.17, 15) is 0 Å². The minimum absolute atomic E-state index is 0.218. The van der Waals surface area contributed by atoms with Crippen molar-refractivity contribution in [3.8, 4) is 0 Å². The summed E-state index contributed by atoms with van der Waals surface area (Å²) in [5.74, 6) is 0. The molecule has 0 aromatic carbocycles. The van der Waals surface area contributed by atoms with E-state index < -0.39 is 0 Å². The van der Waals surface area contributed by atoms with Gasteiger partial charge in [-0.1, -0.05) is 6.92 Å². The second kappa shape index (κ2) is 6.58. The fraction of sp³-hybridized carbons (Fsp3) is 1.00. The zero-order valence-corrected chi connectivity index (χ0v) is 11.4. The maximum Gasteiger partial charge on any atom is 0.0593 e. The number of hydrogen-bond acceptors (Lipinski definition) is 3. The van der Waals surface area contributed by atoms with Crippen LogP contribution in [0.15, 0.2) is 0 Å². The first kappa shape index (κ1) is 13.9. The van der Waals surface area contributed by atoms with Gasteiger partial charge in [0.15, 0.2) is 0 Å². The van der Waals surface area contributed by atoms with Crippen molar-refractivity contribution in [3.05, 3.63) is 0 Å². The minimum Gasteiger partial charge on any atom is -0.380 e. The molecule has 1 unspecified atom stereocenters. The summed E-state index contributed by atoms with van der Waals surface area (Å²) < 4.78 is 5.50. The van der Waals surface area contributed by atoms with Gasteiger partial charge in [-0.3, -0.25) is 4.90 Å². The van der Waals surface area contributed by atoms with Crippen LogP contribution in [0.3, 0.4) is 0 Å². The van der Waals surface area contributed by atoms with Crippen molar-refractivity contribution >= 4 is 0 Å². The Morgan fingerprint density at radius 3 is 2.62 bits per heavy atom. The maximum absolute atomic E-state index is 5.50. The molecule has 1 aliphatic heterocycles. The summed E-state index contributed by atoms with van der Waals surface area (Å²) in [5.41, 5.74) is 0.218. The van der Waals surface area contributed by atoms with Gasteiger partial charge in [0.25, 0.3) is 0 Å². The quantitative estimate of drug-likeness (QED) is 0.795. The first-order chi connectivity index (χ1) is 7.53. The Hall–Kier alpha value is -0.120. The van der Waals surface area contributed by atoms with Gasteiger partial charge in [-0.2, -0.15) is 0 Å². The molecule has 0 aliphatic carbocycles. The number of ether oxygens (including phenoxy) is 1. The largest absolute Gasteiger partial charge is 0.380 e. The molecule has 1 heterocycles. The molecule has 1 saturated heterocycles. The van der Waals surface area contributed by atoms with E-state index in [0.29, 0.717) is 6.04 Å². The third kappa shape index (κ3) is 5.28. The van der Waals surface area contributed by atoms with Gasteiger partial charge < -0.3 is 10.1 Å². The predicted octanol–water partition coefficient (Wildman–Crippen LogP) is 1.88. The number of nitrogens with one attached hydrogen (secondary N) is 1. The van der Waals surface area contributed by atoms with E-state index in [1.807, 2.05) is 0 Å². The summed E-state index contributed by atoms with van der Waals surface area (Å²) in [6.45, 7) is 14.1. The van der Waals surface area contributed by atoms with E-state index in [1.54, 1.807) is 0 Å². The molecule has 0 saturated carbocycles.